The normalized spacial score (nSPS) is 29.4. The number of amides is 1. The van der Waals surface area contributed by atoms with Crippen molar-refractivity contribution in [3.8, 4) is 0 Å². The van der Waals surface area contributed by atoms with Crippen molar-refractivity contribution in [2.75, 3.05) is 27.2 Å². The Morgan fingerprint density at radius 1 is 1.41 bits per heavy atom. The van der Waals surface area contributed by atoms with Crippen LogP contribution >= 0.6 is 0 Å². The molecule has 100 valence electrons. The number of hydrogen-bond acceptors (Lipinski definition) is 3. The number of carbonyl (C=O) groups is 1. The molecule has 0 spiro atoms. The first-order valence-electron chi connectivity index (χ1n) is 6.54. The molecule has 1 rings (SSSR count). The number of nitrogens with one attached hydrogen (secondary N) is 1. The second-order valence-electron chi connectivity index (χ2n) is 5.72. The summed E-state index contributed by atoms with van der Waals surface area (Å²) in [6.07, 6.45) is 4.49. The van der Waals surface area contributed by atoms with Gasteiger partial charge in [-0.2, -0.15) is 0 Å². The number of aliphatic hydroxyl groups is 1. The van der Waals surface area contributed by atoms with Crippen LogP contribution in [0.25, 0.3) is 0 Å². The molecular weight excluding hydrogens is 216 g/mol. The fraction of sp³-hybridized carbons (Fsp3) is 0.923. The van der Waals surface area contributed by atoms with Crippen LogP contribution in [0.5, 0.6) is 0 Å². The quantitative estimate of drug-likeness (QED) is 0.756. The molecule has 0 unspecified atom stereocenters. The number of hydrogen-bond donors (Lipinski definition) is 2. The zero-order chi connectivity index (χ0) is 12.9. The molecule has 2 N–H and O–H groups in total. The van der Waals surface area contributed by atoms with Crippen LogP contribution < -0.4 is 5.32 Å². The number of nitrogens with zero attached hydrogens (tertiary/aromatic N) is 1. The summed E-state index contributed by atoms with van der Waals surface area (Å²) in [5.41, 5.74) is -0.351. The van der Waals surface area contributed by atoms with Gasteiger partial charge in [-0.1, -0.05) is 6.92 Å². The third-order valence-corrected chi connectivity index (χ3v) is 3.72. The Kier molecular flexibility index (Phi) is 5.40. The van der Waals surface area contributed by atoms with Crippen LogP contribution in [0, 0.1) is 5.92 Å². The highest BCUT2D eigenvalue weighted by Gasteiger charge is 2.34. The zero-order valence-corrected chi connectivity index (χ0v) is 11.3. The summed E-state index contributed by atoms with van der Waals surface area (Å²) in [6.45, 7) is 3.05. The molecule has 0 aromatic rings. The summed E-state index contributed by atoms with van der Waals surface area (Å²) >= 11 is 0. The summed E-state index contributed by atoms with van der Waals surface area (Å²) in [5.74, 6) is 0.774. The summed E-state index contributed by atoms with van der Waals surface area (Å²) < 4.78 is 0. The van der Waals surface area contributed by atoms with E-state index in [-0.39, 0.29) is 18.1 Å². The van der Waals surface area contributed by atoms with Crippen LogP contribution in [-0.2, 0) is 4.79 Å². The lowest BCUT2D eigenvalue weighted by Crippen LogP contribution is -2.53. The minimum Gasteiger partial charge on any atom is -0.394 e. The molecule has 1 aliphatic carbocycles. The van der Waals surface area contributed by atoms with Crippen molar-refractivity contribution in [1.82, 2.24) is 10.2 Å². The standard InChI is InChI=1S/C13H26N2O2/c1-11-4-7-13(10-16,8-5-11)14-12(17)6-9-15(2)3/h11,16H,4-10H2,1-3H3,(H,14,17). The Morgan fingerprint density at radius 2 is 2.00 bits per heavy atom. The molecule has 1 amide bonds. The van der Waals surface area contributed by atoms with Crippen molar-refractivity contribution >= 4 is 5.91 Å². The third-order valence-electron chi connectivity index (χ3n) is 3.72. The molecule has 17 heavy (non-hydrogen) atoms. The minimum atomic E-state index is -0.351. The largest absolute Gasteiger partial charge is 0.394 e. The van der Waals surface area contributed by atoms with Gasteiger partial charge in [-0.25, -0.2) is 0 Å². The number of aliphatic hydroxyl groups excluding tert-OH is 1. The molecule has 0 bridgehead atoms. The maximum atomic E-state index is 11.8. The monoisotopic (exact) mass is 242 g/mol. The molecule has 1 saturated carbocycles. The van der Waals surface area contributed by atoms with E-state index in [1.807, 2.05) is 19.0 Å². The molecule has 0 heterocycles. The first-order chi connectivity index (χ1) is 7.97. The van der Waals surface area contributed by atoms with E-state index in [9.17, 15) is 9.90 Å². The van der Waals surface area contributed by atoms with Gasteiger partial charge in [-0.3, -0.25) is 4.79 Å². The first kappa shape index (κ1) is 14.5. The van der Waals surface area contributed by atoms with Gasteiger partial charge in [0, 0.05) is 13.0 Å². The molecule has 1 fully saturated rings. The maximum Gasteiger partial charge on any atom is 0.221 e. The predicted octanol–water partition coefficient (Wildman–Crippen LogP) is 0.995. The van der Waals surface area contributed by atoms with Crippen molar-refractivity contribution in [1.29, 1.82) is 0 Å². The van der Waals surface area contributed by atoms with Gasteiger partial charge in [-0.05, 0) is 45.7 Å². The summed E-state index contributed by atoms with van der Waals surface area (Å²) in [4.78, 5) is 13.8. The molecular formula is C13H26N2O2. The summed E-state index contributed by atoms with van der Waals surface area (Å²) in [5, 5.41) is 12.6. The molecule has 4 nitrogen and oxygen atoms in total. The van der Waals surface area contributed by atoms with Crippen LogP contribution in [0.3, 0.4) is 0 Å². The smallest absolute Gasteiger partial charge is 0.221 e. The van der Waals surface area contributed by atoms with Crippen LogP contribution in [0.15, 0.2) is 0 Å². The summed E-state index contributed by atoms with van der Waals surface area (Å²) in [6, 6.07) is 0. The zero-order valence-electron chi connectivity index (χ0n) is 11.3. The fourth-order valence-electron chi connectivity index (χ4n) is 2.32. The third kappa shape index (κ3) is 4.64. The molecule has 0 aliphatic heterocycles. The number of carbonyl (C=O) groups excluding carboxylic acids is 1. The Bertz CT molecular complexity index is 246. The predicted molar refractivity (Wildman–Crippen MR) is 68.8 cm³/mol. The SMILES string of the molecule is CC1CCC(CO)(NC(=O)CCN(C)C)CC1. The average molecular weight is 242 g/mol. The average Bonchev–Trinajstić information content (AvgIpc) is 2.30. The van der Waals surface area contributed by atoms with Crippen molar-refractivity contribution in [2.24, 2.45) is 5.92 Å². The van der Waals surface area contributed by atoms with Gasteiger partial charge < -0.3 is 15.3 Å². The van der Waals surface area contributed by atoms with E-state index >= 15 is 0 Å². The second kappa shape index (κ2) is 6.36. The Labute approximate surface area is 104 Å². The molecule has 0 aromatic heterocycles. The fourth-order valence-corrected chi connectivity index (χ4v) is 2.32. The van der Waals surface area contributed by atoms with Crippen molar-refractivity contribution in [3.05, 3.63) is 0 Å². The summed E-state index contributed by atoms with van der Waals surface area (Å²) in [7, 11) is 3.91. The maximum absolute atomic E-state index is 11.8. The van der Waals surface area contributed by atoms with Crippen molar-refractivity contribution < 1.29 is 9.90 Å². The van der Waals surface area contributed by atoms with Gasteiger partial charge in [0.05, 0.1) is 12.1 Å². The Balaban J connectivity index is 2.43. The number of rotatable bonds is 5. The van der Waals surface area contributed by atoms with E-state index in [4.69, 9.17) is 0 Å². The van der Waals surface area contributed by atoms with Gasteiger partial charge in [0.2, 0.25) is 5.91 Å². The first-order valence-corrected chi connectivity index (χ1v) is 6.54. The Hall–Kier alpha value is -0.610. The van der Waals surface area contributed by atoms with Gasteiger partial charge in [0.25, 0.3) is 0 Å². The highest BCUT2D eigenvalue weighted by atomic mass is 16.3. The van der Waals surface area contributed by atoms with Crippen LogP contribution in [0.2, 0.25) is 0 Å². The van der Waals surface area contributed by atoms with E-state index in [1.54, 1.807) is 0 Å². The van der Waals surface area contributed by atoms with E-state index in [2.05, 4.69) is 12.2 Å². The van der Waals surface area contributed by atoms with Gasteiger partial charge in [-0.15, -0.1) is 0 Å². The van der Waals surface area contributed by atoms with Crippen LogP contribution in [-0.4, -0.2) is 48.7 Å². The van der Waals surface area contributed by atoms with Crippen molar-refractivity contribution in [3.63, 3.8) is 0 Å². The molecule has 0 radical (unpaired) electrons. The van der Waals surface area contributed by atoms with Gasteiger partial charge in [0.1, 0.15) is 0 Å². The highest BCUT2D eigenvalue weighted by molar-refractivity contribution is 5.77. The van der Waals surface area contributed by atoms with E-state index in [1.165, 1.54) is 0 Å². The van der Waals surface area contributed by atoms with E-state index in [0.29, 0.717) is 12.3 Å². The van der Waals surface area contributed by atoms with Gasteiger partial charge >= 0.3 is 0 Å². The molecule has 1 aliphatic rings. The van der Waals surface area contributed by atoms with Crippen LogP contribution in [0.4, 0.5) is 0 Å². The molecule has 4 heteroatoms. The molecule has 0 atom stereocenters. The second-order valence-corrected chi connectivity index (χ2v) is 5.72. The van der Waals surface area contributed by atoms with Gasteiger partial charge in [0.15, 0.2) is 0 Å². The van der Waals surface area contributed by atoms with E-state index in [0.717, 1.165) is 32.2 Å². The molecule has 0 aromatic carbocycles. The minimum absolute atomic E-state index is 0.0577. The highest BCUT2D eigenvalue weighted by Crippen LogP contribution is 2.31. The Morgan fingerprint density at radius 3 is 2.47 bits per heavy atom. The lowest BCUT2D eigenvalue weighted by molar-refractivity contribution is -0.124. The lowest BCUT2D eigenvalue weighted by atomic mass is 9.77. The van der Waals surface area contributed by atoms with Crippen LogP contribution in [0.1, 0.15) is 39.0 Å². The van der Waals surface area contributed by atoms with Crippen molar-refractivity contribution in [2.45, 2.75) is 44.6 Å². The molecule has 0 saturated heterocycles. The van der Waals surface area contributed by atoms with E-state index < -0.39 is 0 Å². The lowest BCUT2D eigenvalue weighted by Gasteiger charge is -2.38. The topological polar surface area (TPSA) is 52.6 Å².